The molecule has 0 aliphatic rings. The van der Waals surface area contributed by atoms with E-state index in [0.29, 0.717) is 0 Å². The lowest BCUT2D eigenvalue weighted by Gasteiger charge is -2.24. The second-order valence-corrected chi connectivity index (χ2v) is 6.45. The van der Waals surface area contributed by atoms with Crippen LogP contribution in [0.4, 0.5) is 13.2 Å². The van der Waals surface area contributed by atoms with Crippen LogP contribution in [0.5, 0.6) is 0 Å². The third-order valence-electron chi connectivity index (χ3n) is 2.31. The monoisotopic (exact) mass is 307 g/mol. The van der Waals surface area contributed by atoms with Gasteiger partial charge in [-0.05, 0) is 6.42 Å². The summed E-state index contributed by atoms with van der Waals surface area (Å²) in [7, 11) is -4.92. The Morgan fingerprint density at radius 1 is 1.26 bits per heavy atom. The van der Waals surface area contributed by atoms with Crippen molar-refractivity contribution in [1.82, 2.24) is 0 Å². The Hall–Kier alpha value is -1.12. The average molecular weight is 307 g/mol. The minimum absolute atomic E-state index is 0.657. The van der Waals surface area contributed by atoms with E-state index in [2.05, 4.69) is 0 Å². The fourth-order valence-corrected chi connectivity index (χ4v) is 3.11. The van der Waals surface area contributed by atoms with E-state index in [1.807, 2.05) is 0 Å². The van der Waals surface area contributed by atoms with Crippen molar-refractivity contribution >= 4 is 19.3 Å². The van der Waals surface area contributed by atoms with Crippen molar-refractivity contribution in [3.63, 3.8) is 0 Å². The summed E-state index contributed by atoms with van der Waals surface area (Å²) in [6, 6.07) is -1.58. The van der Waals surface area contributed by atoms with Crippen LogP contribution in [0, 0.1) is 0 Å². The van der Waals surface area contributed by atoms with Gasteiger partial charge in [0, 0.05) is 6.16 Å². The second kappa shape index (κ2) is 6.36. The molecule has 0 aromatic carbocycles. The molecular formula is C8H13F3NO6P. The van der Waals surface area contributed by atoms with Gasteiger partial charge in [0.25, 0.3) is 0 Å². The van der Waals surface area contributed by atoms with E-state index in [9.17, 15) is 32.2 Å². The van der Waals surface area contributed by atoms with E-state index in [-0.39, 0.29) is 0 Å². The molecule has 0 amide bonds. The number of nitrogens with two attached hydrogens (primary N) is 1. The largest absolute Gasteiger partial charge is 0.481 e. The van der Waals surface area contributed by atoms with Gasteiger partial charge >= 0.3 is 18.1 Å². The van der Waals surface area contributed by atoms with Crippen LogP contribution in [0.1, 0.15) is 12.8 Å². The highest BCUT2D eigenvalue weighted by molar-refractivity contribution is 7.58. The van der Waals surface area contributed by atoms with Crippen LogP contribution in [0.25, 0.3) is 0 Å². The molecule has 11 heteroatoms. The van der Waals surface area contributed by atoms with Gasteiger partial charge in [-0.25, -0.2) is 0 Å². The summed E-state index contributed by atoms with van der Waals surface area (Å²) in [5.41, 5.74) is 2.07. The van der Waals surface area contributed by atoms with Gasteiger partial charge in [-0.1, -0.05) is 0 Å². The molecule has 0 saturated carbocycles. The number of carboxylic acid groups (broad SMARTS) is 2. The lowest BCUT2D eigenvalue weighted by atomic mass is 10.2. The molecule has 0 saturated heterocycles. The summed E-state index contributed by atoms with van der Waals surface area (Å²) in [5.74, 6) is -3.40. The van der Waals surface area contributed by atoms with Gasteiger partial charge in [0.2, 0.25) is 7.37 Å². The maximum Gasteiger partial charge on any atom is 0.401 e. The van der Waals surface area contributed by atoms with E-state index >= 15 is 0 Å². The first-order valence-corrected chi connectivity index (χ1v) is 6.87. The van der Waals surface area contributed by atoms with Crippen LogP contribution in [0.15, 0.2) is 0 Å². The quantitative estimate of drug-likeness (QED) is 0.501. The Bertz CT molecular complexity index is 398. The number of aliphatic carboxylic acids is 2. The Balaban J connectivity index is 4.94. The van der Waals surface area contributed by atoms with Crippen molar-refractivity contribution < 1.29 is 42.4 Å². The van der Waals surface area contributed by atoms with Gasteiger partial charge in [-0.3, -0.25) is 14.2 Å². The first kappa shape index (κ1) is 17.9. The number of carbonyl (C=O) groups is 2. The van der Waals surface area contributed by atoms with Crippen molar-refractivity contribution in [2.45, 2.75) is 30.7 Å². The van der Waals surface area contributed by atoms with E-state index in [0.717, 1.165) is 0 Å². The molecule has 0 bridgehead atoms. The average Bonchev–Trinajstić information content (AvgIpc) is 2.20. The Kier molecular flexibility index (Phi) is 5.98. The Labute approximate surface area is 105 Å². The van der Waals surface area contributed by atoms with Crippen LogP contribution >= 0.6 is 7.37 Å². The maximum absolute atomic E-state index is 12.5. The van der Waals surface area contributed by atoms with Crippen molar-refractivity contribution in [2.24, 2.45) is 5.73 Å². The highest BCUT2D eigenvalue weighted by Crippen LogP contribution is 2.54. The molecule has 2 unspecified atom stereocenters. The molecule has 0 aliphatic carbocycles. The van der Waals surface area contributed by atoms with Gasteiger partial charge in [0.1, 0.15) is 11.7 Å². The predicted molar refractivity (Wildman–Crippen MR) is 57.0 cm³/mol. The summed E-state index contributed by atoms with van der Waals surface area (Å²) in [5, 5.41) is 16.7. The highest BCUT2D eigenvalue weighted by Gasteiger charge is 2.51. The minimum Gasteiger partial charge on any atom is -0.481 e. The van der Waals surface area contributed by atoms with Gasteiger partial charge < -0.3 is 20.8 Å². The van der Waals surface area contributed by atoms with Crippen molar-refractivity contribution in [3.8, 4) is 0 Å². The maximum atomic E-state index is 12.5. The molecule has 5 N–H and O–H groups in total. The molecule has 0 aromatic heterocycles. The summed E-state index contributed by atoms with van der Waals surface area (Å²) in [4.78, 5) is 30.0. The van der Waals surface area contributed by atoms with Gasteiger partial charge in [0.15, 0.2) is 0 Å². The minimum atomic E-state index is -5.17. The first-order valence-electron chi connectivity index (χ1n) is 4.96. The zero-order valence-electron chi connectivity index (χ0n) is 9.50. The molecule has 0 heterocycles. The van der Waals surface area contributed by atoms with Gasteiger partial charge in [0.05, 0.1) is 6.42 Å². The van der Waals surface area contributed by atoms with Crippen LogP contribution < -0.4 is 5.73 Å². The molecule has 0 rings (SSSR count). The number of hydrogen-bond acceptors (Lipinski definition) is 4. The van der Waals surface area contributed by atoms with E-state index in [1.54, 1.807) is 0 Å². The third kappa shape index (κ3) is 6.04. The zero-order chi connectivity index (χ0) is 15.4. The topological polar surface area (TPSA) is 138 Å². The molecule has 3 atom stereocenters. The normalized spacial score (nSPS) is 18.4. The summed E-state index contributed by atoms with van der Waals surface area (Å²) in [6.07, 6.45) is -8.40. The van der Waals surface area contributed by atoms with E-state index in [4.69, 9.17) is 15.9 Å². The first-order chi connectivity index (χ1) is 8.38. The fraction of sp³-hybridized carbons (Fsp3) is 0.750. The van der Waals surface area contributed by atoms with Crippen molar-refractivity contribution in [2.75, 3.05) is 6.16 Å². The Morgan fingerprint density at radius 2 is 1.74 bits per heavy atom. The number of halogens is 3. The lowest BCUT2D eigenvalue weighted by molar-refractivity contribution is -0.151. The second-order valence-electron chi connectivity index (χ2n) is 3.87. The van der Waals surface area contributed by atoms with Gasteiger partial charge in [-0.15, -0.1) is 0 Å². The molecule has 0 radical (unpaired) electrons. The van der Waals surface area contributed by atoms with Gasteiger partial charge in [-0.2, -0.15) is 13.2 Å². The summed E-state index contributed by atoms with van der Waals surface area (Å²) in [6.45, 7) is 0. The fourth-order valence-electron chi connectivity index (χ4n) is 1.26. The highest BCUT2D eigenvalue weighted by atomic mass is 31.2. The van der Waals surface area contributed by atoms with Crippen LogP contribution in [0.2, 0.25) is 0 Å². The van der Waals surface area contributed by atoms with E-state index < -0.39 is 56.2 Å². The molecule has 0 spiro atoms. The number of rotatable bonds is 7. The predicted octanol–water partition coefficient (Wildman–Crippen LogP) is 0.464. The number of hydrogen-bond donors (Lipinski definition) is 4. The molecule has 0 aromatic rings. The van der Waals surface area contributed by atoms with Crippen molar-refractivity contribution in [3.05, 3.63) is 0 Å². The van der Waals surface area contributed by atoms with Crippen LogP contribution in [-0.2, 0) is 14.2 Å². The molecule has 112 valence electrons. The van der Waals surface area contributed by atoms with Crippen molar-refractivity contribution in [1.29, 1.82) is 0 Å². The molecule has 19 heavy (non-hydrogen) atoms. The standard InChI is InChI=1S/C8H13F3NO6P/c9-8(10,11)5(3-6(13)14)19(17,18)2-1-4(12)7(15)16/h4-5H,1-3,12H2,(H,13,14)(H,15,16)(H,17,18)/t4-,5?/m0/s1. The van der Waals surface area contributed by atoms with Crippen LogP contribution in [-0.4, -0.2) is 51.1 Å². The molecule has 7 nitrogen and oxygen atoms in total. The third-order valence-corrected chi connectivity index (χ3v) is 4.66. The number of carboxylic acids is 2. The Morgan fingerprint density at radius 3 is 2.05 bits per heavy atom. The smallest absolute Gasteiger partial charge is 0.401 e. The molecular weight excluding hydrogens is 294 g/mol. The lowest BCUT2D eigenvalue weighted by Crippen LogP contribution is -2.35. The molecule has 0 aliphatic heterocycles. The summed E-state index contributed by atoms with van der Waals surface area (Å²) < 4.78 is 49.1. The SMILES string of the molecule is N[C@@H](CCP(=O)(O)C(CC(=O)O)C(F)(F)F)C(=O)O. The molecule has 0 fully saturated rings. The zero-order valence-corrected chi connectivity index (χ0v) is 10.4. The van der Waals surface area contributed by atoms with Crippen LogP contribution in [0.3, 0.4) is 0 Å². The number of alkyl halides is 3. The van der Waals surface area contributed by atoms with E-state index in [1.165, 1.54) is 0 Å². The summed E-state index contributed by atoms with van der Waals surface area (Å²) >= 11 is 0.